The van der Waals surface area contributed by atoms with E-state index < -0.39 is 6.03 Å². The number of nitrogens with two attached hydrogens (primary N) is 2. The number of allylic oxidation sites excluding steroid dienone is 2. The monoisotopic (exact) mass is 378 g/mol. The van der Waals surface area contributed by atoms with Crippen molar-refractivity contribution in [2.75, 3.05) is 11.1 Å². The summed E-state index contributed by atoms with van der Waals surface area (Å²) in [6.07, 6.45) is 3.93. The number of pyridine rings is 1. The first kappa shape index (κ1) is 19.1. The number of hydrogen-bond donors (Lipinski definition) is 4. The molecular weight excluding hydrogens is 356 g/mol. The van der Waals surface area contributed by atoms with Gasteiger partial charge in [0.1, 0.15) is 11.7 Å². The molecule has 0 spiro atoms. The summed E-state index contributed by atoms with van der Waals surface area (Å²) in [5, 5.41) is 5.49. The molecule has 0 aliphatic heterocycles. The molecule has 0 fully saturated rings. The van der Waals surface area contributed by atoms with Gasteiger partial charge < -0.3 is 16.8 Å². The number of ketones is 1. The van der Waals surface area contributed by atoms with Crippen LogP contribution in [0.1, 0.15) is 36.9 Å². The van der Waals surface area contributed by atoms with E-state index in [0.29, 0.717) is 35.6 Å². The maximum absolute atomic E-state index is 12.2. The van der Waals surface area contributed by atoms with Crippen molar-refractivity contribution < 1.29 is 9.59 Å². The SMILES string of the molecule is C[C@@H](NC(=O)Nc1cc(N)c(C(N)=NC2=CC(=O)CC2)cn1)c1ccccc1. The second-order valence-corrected chi connectivity index (χ2v) is 6.49. The lowest BCUT2D eigenvalue weighted by atomic mass is 10.1. The average molecular weight is 378 g/mol. The minimum atomic E-state index is -0.396. The van der Waals surface area contributed by atoms with Gasteiger partial charge in [0.2, 0.25) is 0 Å². The minimum absolute atomic E-state index is 0.0351. The summed E-state index contributed by atoms with van der Waals surface area (Å²) >= 11 is 0. The van der Waals surface area contributed by atoms with Crippen LogP contribution in [0.5, 0.6) is 0 Å². The molecule has 2 aromatic rings. The summed E-state index contributed by atoms with van der Waals surface area (Å²) in [6.45, 7) is 1.89. The number of nitrogens with zero attached hydrogens (tertiary/aromatic N) is 2. The summed E-state index contributed by atoms with van der Waals surface area (Å²) < 4.78 is 0. The Morgan fingerprint density at radius 1 is 1.25 bits per heavy atom. The van der Waals surface area contributed by atoms with Crippen molar-refractivity contribution in [1.29, 1.82) is 0 Å². The molecule has 1 aromatic carbocycles. The summed E-state index contributed by atoms with van der Waals surface area (Å²) in [6, 6.07) is 10.6. The van der Waals surface area contributed by atoms with Crippen LogP contribution in [0.2, 0.25) is 0 Å². The van der Waals surface area contributed by atoms with Gasteiger partial charge in [0.15, 0.2) is 5.78 Å². The maximum Gasteiger partial charge on any atom is 0.320 e. The molecule has 1 atom stereocenters. The van der Waals surface area contributed by atoms with Gasteiger partial charge in [0, 0.05) is 36.1 Å². The zero-order chi connectivity index (χ0) is 20.1. The van der Waals surface area contributed by atoms with E-state index in [1.807, 2.05) is 37.3 Å². The number of carbonyl (C=O) groups excluding carboxylic acids is 2. The number of nitrogen functional groups attached to an aromatic ring is 1. The van der Waals surface area contributed by atoms with Gasteiger partial charge in [-0.25, -0.2) is 14.8 Å². The van der Waals surface area contributed by atoms with E-state index in [0.717, 1.165) is 5.56 Å². The number of aromatic nitrogens is 1. The van der Waals surface area contributed by atoms with Gasteiger partial charge in [-0.05, 0) is 18.9 Å². The molecule has 8 heteroatoms. The normalized spacial score (nSPS) is 15.1. The lowest BCUT2D eigenvalue weighted by Crippen LogP contribution is -2.31. The molecule has 0 saturated carbocycles. The number of benzene rings is 1. The number of rotatable bonds is 5. The molecule has 3 rings (SSSR count). The Bertz CT molecular complexity index is 952. The molecular formula is C20H22N6O2. The number of urea groups is 1. The number of aliphatic imine (C=N–C) groups is 1. The van der Waals surface area contributed by atoms with Crippen molar-refractivity contribution >= 4 is 29.2 Å². The highest BCUT2D eigenvalue weighted by molar-refractivity contribution is 6.03. The smallest absolute Gasteiger partial charge is 0.320 e. The van der Waals surface area contributed by atoms with Crippen molar-refractivity contribution in [3.05, 3.63) is 65.5 Å². The summed E-state index contributed by atoms with van der Waals surface area (Å²) in [7, 11) is 0. The Labute approximate surface area is 162 Å². The van der Waals surface area contributed by atoms with Crippen LogP contribution in [0.4, 0.5) is 16.3 Å². The zero-order valence-electron chi connectivity index (χ0n) is 15.5. The number of hydrogen-bond acceptors (Lipinski definition) is 5. The molecule has 0 bridgehead atoms. The molecule has 0 saturated heterocycles. The molecule has 1 aliphatic carbocycles. The fourth-order valence-corrected chi connectivity index (χ4v) is 2.81. The van der Waals surface area contributed by atoms with Crippen LogP contribution < -0.4 is 22.1 Å². The van der Waals surface area contributed by atoms with Crippen LogP contribution in [0.25, 0.3) is 0 Å². The molecule has 144 valence electrons. The average Bonchev–Trinajstić information content (AvgIpc) is 3.07. The molecule has 1 heterocycles. The Morgan fingerprint density at radius 3 is 2.64 bits per heavy atom. The van der Waals surface area contributed by atoms with E-state index in [9.17, 15) is 9.59 Å². The molecule has 6 N–H and O–H groups in total. The van der Waals surface area contributed by atoms with Gasteiger partial charge in [-0.1, -0.05) is 30.3 Å². The molecule has 28 heavy (non-hydrogen) atoms. The number of carbonyl (C=O) groups is 2. The van der Waals surface area contributed by atoms with Crippen LogP contribution in [0.15, 0.2) is 59.4 Å². The van der Waals surface area contributed by atoms with Gasteiger partial charge in [-0.15, -0.1) is 0 Å². The molecule has 1 aliphatic rings. The van der Waals surface area contributed by atoms with Crippen molar-refractivity contribution in [3.63, 3.8) is 0 Å². The van der Waals surface area contributed by atoms with Gasteiger partial charge in [0.25, 0.3) is 0 Å². The fourth-order valence-electron chi connectivity index (χ4n) is 2.81. The van der Waals surface area contributed by atoms with E-state index in [-0.39, 0.29) is 17.7 Å². The lowest BCUT2D eigenvalue weighted by Gasteiger charge is -2.15. The first-order valence-corrected chi connectivity index (χ1v) is 8.88. The highest BCUT2D eigenvalue weighted by Crippen LogP contribution is 2.19. The summed E-state index contributed by atoms with van der Waals surface area (Å²) in [5.74, 6) is 0.509. The van der Waals surface area contributed by atoms with Crippen LogP contribution >= 0.6 is 0 Å². The van der Waals surface area contributed by atoms with Crippen LogP contribution in [0.3, 0.4) is 0 Å². The Kier molecular flexibility index (Phi) is 5.69. The molecule has 0 radical (unpaired) electrons. The number of anilines is 2. The van der Waals surface area contributed by atoms with Crippen molar-refractivity contribution in [2.24, 2.45) is 10.7 Å². The number of amidine groups is 1. The molecule has 0 unspecified atom stereocenters. The second-order valence-electron chi connectivity index (χ2n) is 6.49. The first-order valence-electron chi connectivity index (χ1n) is 8.88. The van der Waals surface area contributed by atoms with Crippen LogP contribution in [-0.2, 0) is 4.79 Å². The number of amides is 2. The van der Waals surface area contributed by atoms with Crippen molar-refractivity contribution in [1.82, 2.24) is 10.3 Å². The molecule has 1 aromatic heterocycles. The fraction of sp³-hybridized carbons (Fsp3) is 0.200. The Morgan fingerprint density at radius 2 is 2.00 bits per heavy atom. The molecule has 2 amide bonds. The minimum Gasteiger partial charge on any atom is -0.398 e. The summed E-state index contributed by atoms with van der Waals surface area (Å²) in [4.78, 5) is 31.9. The third kappa shape index (κ3) is 4.73. The topological polar surface area (TPSA) is 135 Å². The van der Waals surface area contributed by atoms with E-state index in [1.54, 1.807) is 0 Å². The Balaban J connectivity index is 1.65. The van der Waals surface area contributed by atoms with Gasteiger partial charge in [-0.3, -0.25) is 10.1 Å². The van der Waals surface area contributed by atoms with Crippen LogP contribution in [-0.4, -0.2) is 22.6 Å². The third-order valence-electron chi connectivity index (χ3n) is 4.32. The zero-order valence-corrected chi connectivity index (χ0v) is 15.5. The van der Waals surface area contributed by atoms with Gasteiger partial charge in [-0.2, -0.15) is 0 Å². The van der Waals surface area contributed by atoms with E-state index in [1.165, 1.54) is 18.3 Å². The standard InChI is InChI=1S/C20H22N6O2/c1-12(13-5-3-2-4-6-13)24-20(28)26-18-10-17(21)16(11-23-18)19(22)25-14-7-8-15(27)9-14/h2-6,9-12H,7-8H2,1H3,(H2,22,25)(H4,21,23,24,26,28)/t12-/m1/s1. The highest BCUT2D eigenvalue weighted by Gasteiger charge is 2.14. The van der Waals surface area contributed by atoms with Crippen molar-refractivity contribution in [2.45, 2.75) is 25.8 Å². The van der Waals surface area contributed by atoms with Gasteiger partial charge in [0.05, 0.1) is 11.6 Å². The first-order chi connectivity index (χ1) is 13.4. The highest BCUT2D eigenvalue weighted by atomic mass is 16.2. The van der Waals surface area contributed by atoms with E-state index >= 15 is 0 Å². The lowest BCUT2D eigenvalue weighted by molar-refractivity contribution is -0.114. The van der Waals surface area contributed by atoms with E-state index in [4.69, 9.17) is 11.5 Å². The Hall–Kier alpha value is -3.68. The maximum atomic E-state index is 12.2. The second kappa shape index (κ2) is 8.34. The van der Waals surface area contributed by atoms with E-state index in [2.05, 4.69) is 20.6 Å². The predicted octanol–water partition coefficient (Wildman–Crippen LogP) is 2.50. The van der Waals surface area contributed by atoms with Gasteiger partial charge >= 0.3 is 6.03 Å². The summed E-state index contributed by atoms with van der Waals surface area (Å²) in [5.41, 5.74) is 14.4. The third-order valence-corrected chi connectivity index (χ3v) is 4.32. The molecule has 8 nitrogen and oxygen atoms in total. The largest absolute Gasteiger partial charge is 0.398 e. The predicted molar refractivity (Wildman–Crippen MR) is 109 cm³/mol. The van der Waals surface area contributed by atoms with Crippen molar-refractivity contribution in [3.8, 4) is 0 Å². The quantitative estimate of drug-likeness (QED) is 0.468. The number of nitrogens with one attached hydrogen (secondary N) is 2. The van der Waals surface area contributed by atoms with Crippen LogP contribution in [0, 0.1) is 0 Å².